The van der Waals surface area contributed by atoms with Crippen molar-refractivity contribution >= 4 is 16.7 Å². The number of anilines is 1. The summed E-state index contributed by atoms with van der Waals surface area (Å²) in [6.07, 6.45) is 0. The molecule has 0 radical (unpaired) electrons. The fourth-order valence-corrected chi connectivity index (χ4v) is 2.12. The largest absolute Gasteiger partial charge is 0.493 e. The van der Waals surface area contributed by atoms with Gasteiger partial charge in [0.15, 0.2) is 11.5 Å². The molecular formula is C15H20N2O2. The van der Waals surface area contributed by atoms with Crippen LogP contribution in [-0.2, 0) is 5.41 Å². The van der Waals surface area contributed by atoms with Crippen molar-refractivity contribution in [3.8, 4) is 11.5 Å². The van der Waals surface area contributed by atoms with Crippen LogP contribution in [-0.4, -0.2) is 19.2 Å². The Morgan fingerprint density at radius 2 is 1.58 bits per heavy atom. The molecule has 0 atom stereocenters. The third kappa shape index (κ3) is 2.43. The minimum absolute atomic E-state index is 0.0432. The number of nitrogens with zero attached hydrogens (tertiary/aromatic N) is 1. The van der Waals surface area contributed by atoms with Crippen LogP contribution in [0.25, 0.3) is 10.9 Å². The van der Waals surface area contributed by atoms with E-state index in [-0.39, 0.29) is 5.41 Å². The van der Waals surface area contributed by atoms with Crippen molar-refractivity contribution in [3.05, 3.63) is 23.8 Å². The van der Waals surface area contributed by atoms with E-state index in [0.717, 1.165) is 16.5 Å². The molecule has 1 heterocycles. The number of fused-ring (bicyclic) bond motifs is 1. The number of nitrogens with two attached hydrogens (primary N) is 1. The lowest BCUT2D eigenvalue weighted by Crippen LogP contribution is -2.15. The highest BCUT2D eigenvalue weighted by molar-refractivity contribution is 5.85. The molecule has 0 bridgehead atoms. The molecule has 0 saturated carbocycles. The summed E-state index contributed by atoms with van der Waals surface area (Å²) in [4.78, 5) is 4.47. The highest BCUT2D eigenvalue weighted by atomic mass is 16.5. The van der Waals surface area contributed by atoms with E-state index in [2.05, 4.69) is 31.8 Å². The Kier molecular flexibility index (Phi) is 3.27. The van der Waals surface area contributed by atoms with Crippen molar-refractivity contribution in [3.63, 3.8) is 0 Å². The van der Waals surface area contributed by atoms with Gasteiger partial charge in [0.2, 0.25) is 0 Å². The highest BCUT2D eigenvalue weighted by Crippen LogP contribution is 2.35. The van der Waals surface area contributed by atoms with Crippen molar-refractivity contribution < 1.29 is 9.47 Å². The van der Waals surface area contributed by atoms with Gasteiger partial charge in [-0.1, -0.05) is 20.8 Å². The van der Waals surface area contributed by atoms with Gasteiger partial charge in [-0.2, -0.15) is 0 Å². The second kappa shape index (κ2) is 4.61. The van der Waals surface area contributed by atoms with Crippen LogP contribution in [0.2, 0.25) is 0 Å². The number of hydrogen-bond acceptors (Lipinski definition) is 4. The van der Waals surface area contributed by atoms with E-state index >= 15 is 0 Å². The number of methoxy groups -OCH3 is 2. The summed E-state index contributed by atoms with van der Waals surface area (Å²) in [7, 11) is 3.23. The van der Waals surface area contributed by atoms with Crippen molar-refractivity contribution in [2.45, 2.75) is 26.2 Å². The zero-order chi connectivity index (χ0) is 14.2. The summed E-state index contributed by atoms with van der Waals surface area (Å²) >= 11 is 0. The summed E-state index contributed by atoms with van der Waals surface area (Å²) in [5.41, 5.74) is 7.85. The molecule has 0 amide bonds. The predicted molar refractivity (Wildman–Crippen MR) is 78.0 cm³/mol. The maximum absolute atomic E-state index is 6.05. The van der Waals surface area contributed by atoms with E-state index < -0.39 is 0 Å². The van der Waals surface area contributed by atoms with Crippen LogP contribution in [0, 0.1) is 0 Å². The Balaban J connectivity index is 2.72. The minimum atomic E-state index is -0.0432. The summed E-state index contributed by atoms with van der Waals surface area (Å²) in [5.74, 6) is 1.92. The van der Waals surface area contributed by atoms with E-state index in [1.165, 1.54) is 0 Å². The van der Waals surface area contributed by atoms with Crippen LogP contribution < -0.4 is 15.2 Å². The zero-order valence-electron chi connectivity index (χ0n) is 12.1. The van der Waals surface area contributed by atoms with Crippen molar-refractivity contribution in [2.24, 2.45) is 0 Å². The molecule has 0 aliphatic carbocycles. The molecule has 4 heteroatoms. The average Bonchev–Trinajstić information content (AvgIpc) is 2.35. The number of rotatable bonds is 2. The van der Waals surface area contributed by atoms with Gasteiger partial charge in [-0.15, -0.1) is 0 Å². The molecule has 2 N–H and O–H groups in total. The number of hydrogen-bond donors (Lipinski definition) is 1. The molecule has 1 aromatic heterocycles. The molecule has 102 valence electrons. The molecule has 0 spiro atoms. The van der Waals surface area contributed by atoms with Crippen LogP contribution in [0.5, 0.6) is 11.5 Å². The van der Waals surface area contributed by atoms with Crippen molar-refractivity contribution in [2.75, 3.05) is 20.0 Å². The lowest BCUT2D eigenvalue weighted by atomic mass is 9.86. The molecule has 1 aromatic carbocycles. The van der Waals surface area contributed by atoms with Crippen LogP contribution in [0.1, 0.15) is 26.3 Å². The molecule has 2 aromatic rings. The van der Waals surface area contributed by atoms with Gasteiger partial charge < -0.3 is 15.2 Å². The van der Waals surface area contributed by atoms with Crippen LogP contribution in [0.4, 0.5) is 5.82 Å². The number of benzene rings is 1. The predicted octanol–water partition coefficient (Wildman–Crippen LogP) is 3.13. The van der Waals surface area contributed by atoms with Gasteiger partial charge in [0.05, 0.1) is 19.7 Å². The minimum Gasteiger partial charge on any atom is -0.493 e. The first kappa shape index (κ1) is 13.5. The lowest BCUT2D eigenvalue weighted by Gasteiger charge is -2.21. The normalized spacial score (nSPS) is 11.6. The number of aromatic nitrogens is 1. The summed E-state index contributed by atoms with van der Waals surface area (Å²) < 4.78 is 10.6. The van der Waals surface area contributed by atoms with Crippen LogP contribution in [0.15, 0.2) is 18.2 Å². The Morgan fingerprint density at radius 1 is 1.00 bits per heavy atom. The molecule has 0 unspecified atom stereocenters. The Morgan fingerprint density at radius 3 is 2.11 bits per heavy atom. The number of ether oxygens (including phenoxy) is 2. The monoisotopic (exact) mass is 260 g/mol. The van der Waals surface area contributed by atoms with Gasteiger partial charge in [0, 0.05) is 17.0 Å². The van der Waals surface area contributed by atoms with Gasteiger partial charge in [-0.05, 0) is 17.5 Å². The Labute approximate surface area is 113 Å². The van der Waals surface area contributed by atoms with Crippen LogP contribution >= 0.6 is 0 Å². The van der Waals surface area contributed by atoms with E-state index in [4.69, 9.17) is 15.2 Å². The molecule has 0 fully saturated rings. The first-order chi connectivity index (χ1) is 8.86. The smallest absolute Gasteiger partial charge is 0.162 e. The Hall–Kier alpha value is -1.97. The Bertz CT molecular complexity index is 616. The van der Waals surface area contributed by atoms with Crippen molar-refractivity contribution in [1.29, 1.82) is 0 Å². The fourth-order valence-electron chi connectivity index (χ4n) is 2.12. The highest BCUT2D eigenvalue weighted by Gasteiger charge is 2.19. The standard InChI is InChI=1S/C15H20N2O2/c1-15(2,3)10-6-9-7-12(18-4)13(19-5)8-11(9)17-14(10)16/h6-8H,1-5H3,(H2,16,17). The molecule has 0 aliphatic rings. The molecule has 2 rings (SSSR count). The van der Waals surface area contributed by atoms with Gasteiger partial charge in [-0.3, -0.25) is 0 Å². The average molecular weight is 260 g/mol. The summed E-state index contributed by atoms with van der Waals surface area (Å²) in [6.45, 7) is 6.35. The first-order valence-electron chi connectivity index (χ1n) is 6.19. The lowest BCUT2D eigenvalue weighted by molar-refractivity contribution is 0.356. The van der Waals surface area contributed by atoms with E-state index in [1.807, 2.05) is 12.1 Å². The molecule has 4 nitrogen and oxygen atoms in total. The second-order valence-electron chi connectivity index (χ2n) is 5.57. The first-order valence-corrected chi connectivity index (χ1v) is 6.19. The van der Waals surface area contributed by atoms with Gasteiger partial charge in [-0.25, -0.2) is 4.98 Å². The van der Waals surface area contributed by atoms with Crippen molar-refractivity contribution in [1.82, 2.24) is 4.98 Å². The second-order valence-corrected chi connectivity index (χ2v) is 5.57. The topological polar surface area (TPSA) is 57.4 Å². The number of nitrogen functional groups attached to an aromatic ring is 1. The van der Waals surface area contributed by atoms with Gasteiger partial charge >= 0.3 is 0 Å². The summed E-state index contributed by atoms with van der Waals surface area (Å²) in [5, 5.41) is 0.997. The molecule has 0 saturated heterocycles. The van der Waals surface area contributed by atoms with Gasteiger partial charge in [0.25, 0.3) is 0 Å². The van der Waals surface area contributed by atoms with E-state index in [0.29, 0.717) is 17.3 Å². The quantitative estimate of drug-likeness (QED) is 0.901. The third-order valence-electron chi connectivity index (χ3n) is 3.16. The van der Waals surface area contributed by atoms with E-state index in [9.17, 15) is 0 Å². The SMILES string of the molecule is COc1cc2cc(C(C)(C)C)c(N)nc2cc1OC. The zero-order valence-corrected chi connectivity index (χ0v) is 12.1. The third-order valence-corrected chi connectivity index (χ3v) is 3.16. The molecule has 0 aliphatic heterocycles. The van der Waals surface area contributed by atoms with Gasteiger partial charge in [0.1, 0.15) is 5.82 Å². The maximum Gasteiger partial charge on any atom is 0.162 e. The molecule has 19 heavy (non-hydrogen) atoms. The maximum atomic E-state index is 6.05. The fraction of sp³-hybridized carbons (Fsp3) is 0.400. The van der Waals surface area contributed by atoms with Crippen LogP contribution in [0.3, 0.4) is 0 Å². The molecular weight excluding hydrogens is 240 g/mol. The van der Waals surface area contributed by atoms with E-state index in [1.54, 1.807) is 14.2 Å². The number of pyridine rings is 1. The summed E-state index contributed by atoms with van der Waals surface area (Å²) in [6, 6.07) is 5.84.